The normalized spacial score (nSPS) is 10.6. The largest absolute Gasteiger partial charge is 0.462 e. The van der Waals surface area contributed by atoms with Crippen LogP contribution in [-0.2, 0) is 19.1 Å². The number of nitrogens with one attached hydrogen (secondary N) is 1. The lowest BCUT2D eigenvalue weighted by Gasteiger charge is -2.21. The summed E-state index contributed by atoms with van der Waals surface area (Å²) in [7, 11) is 0. The van der Waals surface area contributed by atoms with Gasteiger partial charge in [-0.05, 0) is 25.1 Å². The fourth-order valence-electron chi connectivity index (χ4n) is 3.23. The molecule has 3 rings (SSSR count). The third-order valence-corrected chi connectivity index (χ3v) is 6.57. The SMILES string of the molecule is CCOC(=O)c1c(NC(C)=O)sc2c(N(C(C)=O)C(C)=O)c(Sc3ccccc3)ccc12. The number of thiophene rings is 1. The van der Waals surface area contributed by atoms with Crippen LogP contribution in [0.2, 0.25) is 0 Å². The molecule has 32 heavy (non-hydrogen) atoms. The minimum Gasteiger partial charge on any atom is -0.462 e. The topological polar surface area (TPSA) is 92.8 Å². The first-order valence-electron chi connectivity index (χ1n) is 9.83. The van der Waals surface area contributed by atoms with Crippen LogP contribution in [0.15, 0.2) is 52.3 Å². The van der Waals surface area contributed by atoms with Crippen LogP contribution in [0.25, 0.3) is 10.1 Å². The Bertz CT molecular complexity index is 1190. The summed E-state index contributed by atoms with van der Waals surface area (Å²) in [6.45, 7) is 5.82. The van der Waals surface area contributed by atoms with E-state index >= 15 is 0 Å². The Labute approximate surface area is 193 Å². The van der Waals surface area contributed by atoms with Gasteiger partial charge in [-0.15, -0.1) is 11.3 Å². The van der Waals surface area contributed by atoms with Crippen LogP contribution in [0.4, 0.5) is 10.7 Å². The molecule has 9 heteroatoms. The Morgan fingerprint density at radius 2 is 1.66 bits per heavy atom. The molecular weight excluding hydrogens is 448 g/mol. The number of rotatable bonds is 6. The summed E-state index contributed by atoms with van der Waals surface area (Å²) < 4.78 is 5.73. The van der Waals surface area contributed by atoms with E-state index in [9.17, 15) is 19.2 Å². The van der Waals surface area contributed by atoms with Gasteiger partial charge in [0.15, 0.2) is 0 Å². The third kappa shape index (κ3) is 4.84. The molecule has 3 aromatic rings. The Morgan fingerprint density at radius 3 is 2.22 bits per heavy atom. The van der Waals surface area contributed by atoms with Gasteiger partial charge in [-0.2, -0.15) is 0 Å². The molecular formula is C23H22N2O5S2. The van der Waals surface area contributed by atoms with Gasteiger partial charge >= 0.3 is 5.97 Å². The molecule has 0 fully saturated rings. The molecule has 0 aliphatic heterocycles. The number of esters is 1. The molecule has 1 aromatic heterocycles. The van der Waals surface area contributed by atoms with Crippen molar-refractivity contribution in [3.63, 3.8) is 0 Å². The van der Waals surface area contributed by atoms with E-state index in [-0.39, 0.29) is 18.1 Å². The van der Waals surface area contributed by atoms with Crippen LogP contribution in [0, 0.1) is 0 Å². The summed E-state index contributed by atoms with van der Waals surface area (Å²) >= 11 is 2.53. The number of carbonyl (C=O) groups is 4. The van der Waals surface area contributed by atoms with E-state index in [4.69, 9.17) is 4.74 Å². The van der Waals surface area contributed by atoms with E-state index in [0.717, 1.165) is 21.1 Å². The molecule has 1 heterocycles. The summed E-state index contributed by atoms with van der Waals surface area (Å²) in [4.78, 5) is 52.2. The highest BCUT2D eigenvalue weighted by atomic mass is 32.2. The van der Waals surface area contributed by atoms with Crippen LogP contribution >= 0.6 is 23.1 Å². The quantitative estimate of drug-likeness (QED) is 0.505. The molecule has 0 saturated carbocycles. The average molecular weight is 471 g/mol. The number of fused-ring (bicyclic) bond motifs is 1. The van der Waals surface area contributed by atoms with Crippen molar-refractivity contribution in [3.05, 3.63) is 48.0 Å². The van der Waals surface area contributed by atoms with E-state index in [1.54, 1.807) is 19.1 Å². The maximum absolute atomic E-state index is 12.7. The Hall–Kier alpha value is -3.17. The van der Waals surface area contributed by atoms with E-state index in [1.807, 2.05) is 30.3 Å². The molecule has 7 nitrogen and oxygen atoms in total. The van der Waals surface area contributed by atoms with Crippen molar-refractivity contribution in [2.75, 3.05) is 16.8 Å². The first kappa shape index (κ1) is 23.5. The first-order valence-corrected chi connectivity index (χ1v) is 11.5. The first-order chi connectivity index (χ1) is 15.2. The van der Waals surface area contributed by atoms with Crippen LogP contribution in [-0.4, -0.2) is 30.3 Å². The monoisotopic (exact) mass is 470 g/mol. The lowest BCUT2D eigenvalue weighted by molar-refractivity contribution is -0.124. The highest BCUT2D eigenvalue weighted by Crippen LogP contribution is 2.47. The van der Waals surface area contributed by atoms with Crippen molar-refractivity contribution in [3.8, 4) is 0 Å². The summed E-state index contributed by atoms with van der Waals surface area (Å²) in [5.41, 5.74) is 0.579. The highest BCUT2D eigenvalue weighted by Gasteiger charge is 2.29. The molecule has 2 aromatic carbocycles. The second kappa shape index (κ2) is 9.97. The number of benzene rings is 2. The van der Waals surface area contributed by atoms with Crippen LogP contribution in [0.1, 0.15) is 38.1 Å². The maximum Gasteiger partial charge on any atom is 0.341 e. The van der Waals surface area contributed by atoms with Crippen molar-refractivity contribution in [1.82, 2.24) is 0 Å². The summed E-state index contributed by atoms with van der Waals surface area (Å²) in [6.07, 6.45) is 0. The Morgan fingerprint density at radius 1 is 1.00 bits per heavy atom. The Balaban J connectivity index is 2.34. The van der Waals surface area contributed by atoms with Gasteiger partial charge in [0.05, 0.1) is 17.0 Å². The molecule has 0 aliphatic rings. The minimum absolute atomic E-state index is 0.164. The standard InChI is InChI=1S/C23H22N2O5S2/c1-5-30-23(29)19-17-11-12-18(31-16-9-7-6-8-10-16)20(25(14(3)27)15(4)28)21(17)32-22(19)24-13(2)26/h6-12H,5H2,1-4H3,(H,24,26). The number of imide groups is 1. The number of ether oxygens (including phenoxy) is 1. The van der Waals surface area contributed by atoms with Gasteiger partial charge < -0.3 is 10.1 Å². The molecule has 3 amide bonds. The number of nitrogens with zero attached hydrogens (tertiary/aromatic N) is 1. The molecule has 0 saturated heterocycles. The fourth-order valence-corrected chi connectivity index (χ4v) is 5.54. The van der Waals surface area contributed by atoms with Gasteiger partial charge in [0, 0.05) is 35.9 Å². The molecule has 166 valence electrons. The molecule has 0 spiro atoms. The predicted octanol–water partition coefficient (Wildman–Crippen LogP) is 5.09. The van der Waals surface area contributed by atoms with Gasteiger partial charge in [-0.25, -0.2) is 9.69 Å². The van der Waals surface area contributed by atoms with Gasteiger partial charge in [0.1, 0.15) is 10.6 Å². The molecule has 0 unspecified atom stereocenters. The van der Waals surface area contributed by atoms with Gasteiger partial charge in [-0.3, -0.25) is 14.4 Å². The van der Waals surface area contributed by atoms with Crippen molar-refractivity contribution in [2.24, 2.45) is 0 Å². The van der Waals surface area contributed by atoms with Crippen molar-refractivity contribution in [1.29, 1.82) is 0 Å². The van der Waals surface area contributed by atoms with Gasteiger partial charge in [0.25, 0.3) is 0 Å². The number of hydrogen-bond acceptors (Lipinski definition) is 7. The molecule has 0 aliphatic carbocycles. The summed E-state index contributed by atoms with van der Waals surface area (Å²) in [5, 5.41) is 3.48. The van der Waals surface area contributed by atoms with E-state index in [1.165, 1.54) is 32.5 Å². The highest BCUT2D eigenvalue weighted by molar-refractivity contribution is 7.99. The van der Waals surface area contributed by atoms with Crippen molar-refractivity contribution >= 4 is 67.6 Å². The number of hydrogen-bond donors (Lipinski definition) is 1. The van der Waals surface area contributed by atoms with Crippen molar-refractivity contribution in [2.45, 2.75) is 37.5 Å². The maximum atomic E-state index is 12.7. The summed E-state index contributed by atoms with van der Waals surface area (Å²) in [6, 6.07) is 13.0. The zero-order valence-corrected chi connectivity index (χ0v) is 19.7. The summed E-state index contributed by atoms with van der Waals surface area (Å²) in [5.74, 6) is -1.84. The second-order valence-electron chi connectivity index (χ2n) is 6.79. The smallest absolute Gasteiger partial charge is 0.341 e. The van der Waals surface area contributed by atoms with Crippen LogP contribution in [0.5, 0.6) is 0 Å². The zero-order valence-electron chi connectivity index (χ0n) is 18.1. The van der Waals surface area contributed by atoms with E-state index in [2.05, 4.69) is 5.32 Å². The minimum atomic E-state index is -0.589. The van der Waals surface area contributed by atoms with Crippen LogP contribution in [0.3, 0.4) is 0 Å². The third-order valence-electron chi connectivity index (χ3n) is 4.39. The predicted molar refractivity (Wildman–Crippen MR) is 126 cm³/mol. The zero-order chi connectivity index (χ0) is 23.4. The fraction of sp³-hybridized carbons (Fsp3) is 0.217. The van der Waals surface area contributed by atoms with E-state index < -0.39 is 17.8 Å². The van der Waals surface area contributed by atoms with E-state index in [0.29, 0.717) is 25.7 Å². The molecule has 0 radical (unpaired) electrons. The van der Waals surface area contributed by atoms with Gasteiger partial charge in [-0.1, -0.05) is 36.0 Å². The van der Waals surface area contributed by atoms with Crippen molar-refractivity contribution < 1.29 is 23.9 Å². The molecule has 0 bridgehead atoms. The average Bonchev–Trinajstić information content (AvgIpc) is 3.07. The number of anilines is 2. The molecule has 1 N–H and O–H groups in total. The Kier molecular flexibility index (Phi) is 7.32. The molecule has 0 atom stereocenters. The number of carbonyl (C=O) groups excluding carboxylic acids is 4. The van der Waals surface area contributed by atoms with Crippen LogP contribution < -0.4 is 10.2 Å². The second-order valence-corrected chi connectivity index (χ2v) is 8.92. The lowest BCUT2D eigenvalue weighted by atomic mass is 10.1. The van der Waals surface area contributed by atoms with Gasteiger partial charge in [0.2, 0.25) is 17.7 Å². The number of amides is 3. The lowest BCUT2D eigenvalue weighted by Crippen LogP contribution is -2.33.